The number of nitrogens with one attached hydrogen (secondary N) is 1. The number of hydrogen-bond acceptors (Lipinski definition) is 4. The van der Waals surface area contributed by atoms with Gasteiger partial charge in [0.15, 0.2) is 0 Å². The van der Waals surface area contributed by atoms with Crippen LogP contribution in [-0.2, 0) is 0 Å². The summed E-state index contributed by atoms with van der Waals surface area (Å²) < 4.78 is 5.67. The molecule has 106 valence electrons. The average Bonchev–Trinajstić information content (AvgIpc) is 3.00. The number of aromatic nitrogens is 2. The van der Waals surface area contributed by atoms with Crippen LogP contribution in [0.4, 0.5) is 11.4 Å². The van der Waals surface area contributed by atoms with Crippen LogP contribution in [0.3, 0.4) is 0 Å². The number of benzene rings is 2. The smallest absolute Gasteiger partial charge is 0.247 e. The Morgan fingerprint density at radius 2 is 1.55 bits per heavy atom. The second kappa shape index (κ2) is 5.33. The second-order valence-corrected chi connectivity index (χ2v) is 4.92. The van der Waals surface area contributed by atoms with Crippen molar-refractivity contribution in [3.8, 4) is 11.5 Å². The van der Waals surface area contributed by atoms with Gasteiger partial charge in [0.25, 0.3) is 0 Å². The quantitative estimate of drug-likeness (QED) is 0.596. The Labute approximate surface area is 127 Å². The summed E-state index contributed by atoms with van der Waals surface area (Å²) in [6.45, 7) is 0. The van der Waals surface area contributed by atoms with Crippen LogP contribution >= 0.6 is 0 Å². The zero-order valence-electron chi connectivity index (χ0n) is 11.7. The van der Waals surface area contributed by atoms with Gasteiger partial charge in [0, 0.05) is 23.1 Å². The van der Waals surface area contributed by atoms with Crippen LogP contribution < -0.4 is 5.32 Å². The van der Waals surface area contributed by atoms with Gasteiger partial charge in [-0.2, -0.15) is 0 Å². The fourth-order valence-electron chi connectivity index (χ4n) is 2.28. The summed E-state index contributed by atoms with van der Waals surface area (Å²) in [7, 11) is 0. The van der Waals surface area contributed by atoms with E-state index >= 15 is 0 Å². The van der Waals surface area contributed by atoms with Gasteiger partial charge in [0.2, 0.25) is 11.6 Å². The SMILES string of the molecule is c1ccc(Nc2ccc(-c3nc4cccnc4o3)cc2)cc1. The first-order chi connectivity index (χ1) is 10.9. The maximum absolute atomic E-state index is 5.67. The van der Waals surface area contributed by atoms with Gasteiger partial charge in [-0.25, -0.2) is 9.97 Å². The minimum Gasteiger partial charge on any atom is -0.418 e. The molecule has 0 aliphatic heterocycles. The normalized spacial score (nSPS) is 10.7. The molecule has 4 nitrogen and oxygen atoms in total. The molecule has 0 spiro atoms. The molecule has 0 saturated heterocycles. The first-order valence-corrected chi connectivity index (χ1v) is 7.02. The lowest BCUT2D eigenvalue weighted by molar-refractivity contribution is 0.608. The summed E-state index contributed by atoms with van der Waals surface area (Å²) >= 11 is 0. The van der Waals surface area contributed by atoms with Gasteiger partial charge in [-0.1, -0.05) is 18.2 Å². The average molecular weight is 287 g/mol. The van der Waals surface area contributed by atoms with Crippen molar-refractivity contribution in [2.45, 2.75) is 0 Å². The third kappa shape index (κ3) is 2.42. The number of pyridine rings is 1. The highest BCUT2D eigenvalue weighted by molar-refractivity contribution is 5.73. The fraction of sp³-hybridized carbons (Fsp3) is 0. The van der Waals surface area contributed by atoms with Crippen molar-refractivity contribution in [2.75, 3.05) is 5.32 Å². The Kier molecular flexibility index (Phi) is 3.05. The molecular weight excluding hydrogens is 274 g/mol. The fourth-order valence-corrected chi connectivity index (χ4v) is 2.28. The number of para-hydroxylation sites is 1. The van der Waals surface area contributed by atoms with Crippen LogP contribution in [0.2, 0.25) is 0 Å². The molecular formula is C18H13N3O. The van der Waals surface area contributed by atoms with E-state index in [1.54, 1.807) is 6.20 Å². The van der Waals surface area contributed by atoms with E-state index in [1.807, 2.05) is 66.7 Å². The lowest BCUT2D eigenvalue weighted by atomic mass is 10.2. The van der Waals surface area contributed by atoms with E-state index in [-0.39, 0.29) is 0 Å². The van der Waals surface area contributed by atoms with E-state index in [0.717, 1.165) is 22.5 Å². The Morgan fingerprint density at radius 3 is 2.32 bits per heavy atom. The second-order valence-electron chi connectivity index (χ2n) is 4.92. The number of hydrogen-bond donors (Lipinski definition) is 1. The Bertz CT molecular complexity index is 865. The Morgan fingerprint density at radius 1 is 0.773 bits per heavy atom. The maximum Gasteiger partial charge on any atom is 0.247 e. The zero-order valence-corrected chi connectivity index (χ0v) is 11.7. The van der Waals surface area contributed by atoms with Crippen LogP contribution in [0, 0.1) is 0 Å². The Hall–Kier alpha value is -3.14. The zero-order chi connectivity index (χ0) is 14.8. The van der Waals surface area contributed by atoms with Gasteiger partial charge in [-0.3, -0.25) is 0 Å². The summed E-state index contributed by atoms with van der Waals surface area (Å²) in [5.41, 5.74) is 4.33. The lowest BCUT2D eigenvalue weighted by Gasteiger charge is -2.06. The third-order valence-electron chi connectivity index (χ3n) is 3.36. The molecule has 4 aromatic rings. The van der Waals surface area contributed by atoms with Gasteiger partial charge < -0.3 is 9.73 Å². The molecule has 0 bridgehead atoms. The van der Waals surface area contributed by atoms with E-state index < -0.39 is 0 Å². The third-order valence-corrected chi connectivity index (χ3v) is 3.36. The predicted molar refractivity (Wildman–Crippen MR) is 87.0 cm³/mol. The molecule has 2 heterocycles. The number of rotatable bonds is 3. The summed E-state index contributed by atoms with van der Waals surface area (Å²) in [5, 5.41) is 3.35. The van der Waals surface area contributed by atoms with Crippen LogP contribution in [0.15, 0.2) is 77.3 Å². The largest absolute Gasteiger partial charge is 0.418 e. The molecule has 0 radical (unpaired) electrons. The number of fused-ring (bicyclic) bond motifs is 1. The molecule has 0 amide bonds. The molecule has 0 unspecified atom stereocenters. The number of oxazole rings is 1. The van der Waals surface area contributed by atoms with Crippen molar-refractivity contribution >= 4 is 22.6 Å². The van der Waals surface area contributed by atoms with Gasteiger partial charge in [-0.05, 0) is 48.5 Å². The highest BCUT2D eigenvalue weighted by Gasteiger charge is 2.08. The van der Waals surface area contributed by atoms with E-state index in [0.29, 0.717) is 11.6 Å². The van der Waals surface area contributed by atoms with E-state index in [4.69, 9.17) is 4.42 Å². The highest BCUT2D eigenvalue weighted by Crippen LogP contribution is 2.25. The lowest BCUT2D eigenvalue weighted by Crippen LogP contribution is -1.89. The number of nitrogens with zero attached hydrogens (tertiary/aromatic N) is 2. The van der Waals surface area contributed by atoms with Crippen molar-refractivity contribution in [1.82, 2.24) is 9.97 Å². The standard InChI is InChI=1S/C18H13N3O/c1-2-5-14(6-3-1)20-15-10-8-13(9-11-15)17-21-16-7-4-12-19-18(16)22-17/h1-12,20H. The molecule has 2 aromatic carbocycles. The molecule has 22 heavy (non-hydrogen) atoms. The van der Waals surface area contributed by atoms with Gasteiger partial charge >= 0.3 is 0 Å². The molecule has 0 atom stereocenters. The monoisotopic (exact) mass is 287 g/mol. The van der Waals surface area contributed by atoms with Gasteiger partial charge in [0.1, 0.15) is 5.52 Å². The summed E-state index contributed by atoms with van der Waals surface area (Å²) in [5.74, 6) is 0.583. The minimum absolute atomic E-state index is 0.559. The van der Waals surface area contributed by atoms with Crippen LogP contribution in [0.5, 0.6) is 0 Å². The molecule has 4 heteroatoms. The van der Waals surface area contributed by atoms with E-state index in [2.05, 4.69) is 15.3 Å². The first kappa shape index (κ1) is 12.6. The van der Waals surface area contributed by atoms with Crippen LogP contribution in [0.1, 0.15) is 0 Å². The molecule has 2 aromatic heterocycles. The molecule has 1 N–H and O–H groups in total. The summed E-state index contributed by atoms with van der Waals surface area (Å²) in [6.07, 6.45) is 1.70. The maximum atomic E-state index is 5.67. The highest BCUT2D eigenvalue weighted by atomic mass is 16.4. The minimum atomic E-state index is 0.559. The summed E-state index contributed by atoms with van der Waals surface area (Å²) in [4.78, 5) is 8.61. The first-order valence-electron chi connectivity index (χ1n) is 7.02. The number of anilines is 2. The Balaban J connectivity index is 1.61. The predicted octanol–water partition coefficient (Wildman–Crippen LogP) is 4.63. The van der Waals surface area contributed by atoms with Crippen LogP contribution in [-0.4, -0.2) is 9.97 Å². The van der Waals surface area contributed by atoms with E-state index in [1.165, 1.54) is 0 Å². The molecule has 0 fully saturated rings. The van der Waals surface area contributed by atoms with Gasteiger partial charge in [-0.15, -0.1) is 0 Å². The van der Waals surface area contributed by atoms with Crippen molar-refractivity contribution in [3.05, 3.63) is 72.9 Å². The summed E-state index contributed by atoms with van der Waals surface area (Å²) in [6, 6.07) is 21.8. The van der Waals surface area contributed by atoms with Crippen molar-refractivity contribution in [2.24, 2.45) is 0 Å². The van der Waals surface area contributed by atoms with Gasteiger partial charge in [0.05, 0.1) is 0 Å². The molecule has 4 rings (SSSR count). The molecule has 0 aliphatic rings. The van der Waals surface area contributed by atoms with Crippen molar-refractivity contribution in [3.63, 3.8) is 0 Å². The van der Waals surface area contributed by atoms with E-state index in [9.17, 15) is 0 Å². The van der Waals surface area contributed by atoms with Crippen LogP contribution in [0.25, 0.3) is 22.7 Å². The van der Waals surface area contributed by atoms with Crippen molar-refractivity contribution < 1.29 is 4.42 Å². The molecule has 0 saturated carbocycles. The molecule has 0 aliphatic carbocycles. The topological polar surface area (TPSA) is 51.0 Å². The van der Waals surface area contributed by atoms with Crippen molar-refractivity contribution in [1.29, 1.82) is 0 Å².